The average molecular weight is 243 g/mol. The van der Waals surface area contributed by atoms with Crippen molar-refractivity contribution < 1.29 is 19.4 Å². The highest BCUT2D eigenvalue weighted by Crippen LogP contribution is 2.06. The van der Waals surface area contributed by atoms with Gasteiger partial charge >= 0.3 is 11.9 Å². The predicted octanol–water partition coefficient (Wildman–Crippen LogP) is 1.19. The van der Waals surface area contributed by atoms with Crippen molar-refractivity contribution >= 4 is 11.9 Å². The minimum atomic E-state index is -0.984. The smallest absolute Gasteiger partial charge is 0.328 e. The second kappa shape index (κ2) is 7.84. The Morgan fingerprint density at radius 1 is 1.41 bits per heavy atom. The fourth-order valence-electron chi connectivity index (χ4n) is 1.42. The minimum Gasteiger partial charge on any atom is -0.478 e. The first kappa shape index (κ1) is 15.6. The summed E-state index contributed by atoms with van der Waals surface area (Å²) in [6, 6.07) is -0.392. The SMILES string of the molecule is COC(=O)C(CC(C)C)NCC(C)=CC(=O)O. The standard InChI is InChI=1S/C12H21NO4/c1-8(2)5-10(12(16)17-4)13-7-9(3)6-11(14)15/h6,8,10,13H,5,7H2,1-4H3,(H,14,15). The van der Waals surface area contributed by atoms with Gasteiger partial charge in [-0.3, -0.25) is 4.79 Å². The van der Waals surface area contributed by atoms with Crippen LogP contribution in [0.4, 0.5) is 0 Å². The molecule has 5 heteroatoms. The van der Waals surface area contributed by atoms with E-state index in [0.717, 1.165) is 6.08 Å². The summed E-state index contributed by atoms with van der Waals surface area (Å²) in [6.45, 7) is 6.08. The van der Waals surface area contributed by atoms with Crippen LogP contribution in [0.3, 0.4) is 0 Å². The van der Waals surface area contributed by atoms with Crippen molar-refractivity contribution in [2.45, 2.75) is 33.2 Å². The Balaban J connectivity index is 4.35. The summed E-state index contributed by atoms with van der Waals surface area (Å²) in [5.41, 5.74) is 0.662. The highest BCUT2D eigenvalue weighted by atomic mass is 16.5. The van der Waals surface area contributed by atoms with Crippen molar-refractivity contribution in [1.82, 2.24) is 5.32 Å². The van der Waals surface area contributed by atoms with Crippen molar-refractivity contribution in [1.29, 1.82) is 0 Å². The number of ether oxygens (including phenoxy) is 1. The number of esters is 1. The number of hydrogen-bond donors (Lipinski definition) is 2. The number of carbonyl (C=O) groups is 2. The van der Waals surface area contributed by atoms with Crippen LogP contribution in [0, 0.1) is 5.92 Å². The molecule has 0 bridgehead atoms. The summed E-state index contributed by atoms with van der Waals surface area (Å²) in [5, 5.41) is 11.6. The zero-order valence-corrected chi connectivity index (χ0v) is 10.8. The quantitative estimate of drug-likeness (QED) is 0.519. The maximum Gasteiger partial charge on any atom is 0.328 e. The zero-order valence-electron chi connectivity index (χ0n) is 10.8. The molecule has 0 saturated heterocycles. The molecule has 0 aromatic carbocycles. The fraction of sp³-hybridized carbons (Fsp3) is 0.667. The predicted molar refractivity (Wildman–Crippen MR) is 64.7 cm³/mol. The van der Waals surface area contributed by atoms with Crippen LogP contribution in [0.2, 0.25) is 0 Å². The van der Waals surface area contributed by atoms with Crippen LogP contribution in [0.5, 0.6) is 0 Å². The van der Waals surface area contributed by atoms with Gasteiger partial charge in [0, 0.05) is 12.6 Å². The van der Waals surface area contributed by atoms with Gasteiger partial charge in [-0.25, -0.2) is 4.79 Å². The van der Waals surface area contributed by atoms with Crippen molar-refractivity contribution in [3.63, 3.8) is 0 Å². The number of nitrogens with one attached hydrogen (secondary N) is 1. The molecule has 1 atom stereocenters. The molecule has 0 aliphatic rings. The van der Waals surface area contributed by atoms with E-state index in [2.05, 4.69) is 10.1 Å². The average Bonchev–Trinajstić information content (AvgIpc) is 2.21. The van der Waals surface area contributed by atoms with Gasteiger partial charge in [0.1, 0.15) is 6.04 Å². The van der Waals surface area contributed by atoms with Crippen molar-refractivity contribution in [3.05, 3.63) is 11.6 Å². The lowest BCUT2D eigenvalue weighted by Crippen LogP contribution is -2.39. The van der Waals surface area contributed by atoms with E-state index in [9.17, 15) is 9.59 Å². The third-order valence-electron chi connectivity index (χ3n) is 2.19. The Morgan fingerprint density at radius 2 is 2.00 bits per heavy atom. The second-order valence-electron chi connectivity index (χ2n) is 4.42. The van der Waals surface area contributed by atoms with Gasteiger partial charge in [0.05, 0.1) is 7.11 Å². The summed E-state index contributed by atoms with van der Waals surface area (Å²) in [7, 11) is 1.34. The van der Waals surface area contributed by atoms with E-state index in [1.54, 1.807) is 6.92 Å². The van der Waals surface area contributed by atoms with E-state index < -0.39 is 12.0 Å². The molecule has 0 aromatic rings. The Kier molecular flexibility index (Phi) is 7.21. The number of aliphatic carboxylic acids is 1. The van der Waals surface area contributed by atoms with Crippen LogP contribution in [-0.2, 0) is 14.3 Å². The summed E-state index contributed by atoms with van der Waals surface area (Å²) in [4.78, 5) is 21.9. The zero-order chi connectivity index (χ0) is 13.4. The lowest BCUT2D eigenvalue weighted by molar-refractivity contribution is -0.143. The Hall–Kier alpha value is -1.36. The lowest BCUT2D eigenvalue weighted by Gasteiger charge is -2.18. The summed E-state index contributed by atoms with van der Waals surface area (Å²) in [5.74, 6) is -0.944. The second-order valence-corrected chi connectivity index (χ2v) is 4.42. The van der Waals surface area contributed by atoms with Crippen molar-refractivity contribution in [2.75, 3.05) is 13.7 Å². The number of carboxylic acids is 1. The van der Waals surface area contributed by atoms with E-state index in [1.165, 1.54) is 7.11 Å². The molecule has 0 aliphatic heterocycles. The molecule has 0 fully saturated rings. The summed E-state index contributed by atoms with van der Waals surface area (Å²) < 4.78 is 4.69. The number of hydrogen-bond acceptors (Lipinski definition) is 4. The number of carboxylic acid groups (broad SMARTS) is 1. The highest BCUT2D eigenvalue weighted by Gasteiger charge is 2.19. The first-order chi connectivity index (χ1) is 7.86. The fourth-order valence-corrected chi connectivity index (χ4v) is 1.42. The van der Waals surface area contributed by atoms with E-state index in [-0.39, 0.29) is 5.97 Å². The molecular formula is C12H21NO4. The molecule has 0 heterocycles. The number of carbonyl (C=O) groups excluding carboxylic acids is 1. The molecule has 98 valence electrons. The molecule has 5 nitrogen and oxygen atoms in total. The molecular weight excluding hydrogens is 222 g/mol. The molecule has 0 rings (SSSR count). The monoisotopic (exact) mass is 243 g/mol. The van der Waals surface area contributed by atoms with Crippen LogP contribution < -0.4 is 5.32 Å². The Labute approximate surface area is 102 Å². The molecule has 17 heavy (non-hydrogen) atoms. The third kappa shape index (κ3) is 7.52. The van der Waals surface area contributed by atoms with Gasteiger partial charge in [0.25, 0.3) is 0 Å². The summed E-state index contributed by atoms with van der Waals surface area (Å²) in [6.07, 6.45) is 1.78. The normalized spacial score (nSPS) is 13.6. The molecule has 0 aromatic heterocycles. The van der Waals surface area contributed by atoms with E-state index in [1.807, 2.05) is 13.8 Å². The van der Waals surface area contributed by atoms with E-state index in [0.29, 0.717) is 24.5 Å². The molecule has 0 radical (unpaired) electrons. The molecule has 1 unspecified atom stereocenters. The lowest BCUT2D eigenvalue weighted by atomic mass is 10.0. The van der Waals surface area contributed by atoms with Crippen LogP contribution >= 0.6 is 0 Å². The minimum absolute atomic E-state index is 0.318. The first-order valence-corrected chi connectivity index (χ1v) is 5.58. The Morgan fingerprint density at radius 3 is 2.41 bits per heavy atom. The van der Waals surface area contributed by atoms with Gasteiger partial charge in [-0.05, 0) is 19.3 Å². The van der Waals surface area contributed by atoms with E-state index in [4.69, 9.17) is 5.11 Å². The van der Waals surface area contributed by atoms with Gasteiger partial charge in [-0.15, -0.1) is 0 Å². The van der Waals surface area contributed by atoms with Gasteiger partial charge in [-0.2, -0.15) is 0 Å². The largest absolute Gasteiger partial charge is 0.478 e. The van der Waals surface area contributed by atoms with Gasteiger partial charge in [0.15, 0.2) is 0 Å². The number of methoxy groups -OCH3 is 1. The van der Waals surface area contributed by atoms with Gasteiger partial charge < -0.3 is 15.2 Å². The molecule has 0 amide bonds. The maximum absolute atomic E-state index is 11.5. The third-order valence-corrected chi connectivity index (χ3v) is 2.19. The van der Waals surface area contributed by atoms with Crippen LogP contribution in [-0.4, -0.2) is 36.7 Å². The molecule has 0 spiro atoms. The van der Waals surface area contributed by atoms with Gasteiger partial charge in [0.2, 0.25) is 0 Å². The molecule has 0 saturated carbocycles. The molecule has 0 aliphatic carbocycles. The Bertz CT molecular complexity index is 297. The highest BCUT2D eigenvalue weighted by molar-refractivity contribution is 5.80. The molecule has 2 N–H and O–H groups in total. The summed E-state index contributed by atoms with van der Waals surface area (Å²) >= 11 is 0. The van der Waals surface area contributed by atoms with Crippen LogP contribution in [0.1, 0.15) is 27.2 Å². The van der Waals surface area contributed by atoms with Crippen molar-refractivity contribution in [3.8, 4) is 0 Å². The number of rotatable bonds is 7. The van der Waals surface area contributed by atoms with Crippen LogP contribution in [0.15, 0.2) is 11.6 Å². The topological polar surface area (TPSA) is 75.6 Å². The van der Waals surface area contributed by atoms with Crippen LogP contribution in [0.25, 0.3) is 0 Å². The van der Waals surface area contributed by atoms with E-state index >= 15 is 0 Å². The van der Waals surface area contributed by atoms with Gasteiger partial charge in [-0.1, -0.05) is 19.4 Å². The maximum atomic E-state index is 11.5. The van der Waals surface area contributed by atoms with Crippen molar-refractivity contribution in [2.24, 2.45) is 5.92 Å². The first-order valence-electron chi connectivity index (χ1n) is 5.58.